The van der Waals surface area contributed by atoms with Gasteiger partial charge in [0.2, 0.25) is 0 Å². The molecular weight excluding hydrogens is 288 g/mol. The fourth-order valence-corrected chi connectivity index (χ4v) is 3.59. The average molecular weight is 318 g/mol. The van der Waals surface area contributed by atoms with Crippen LogP contribution in [0.2, 0.25) is 0 Å². The van der Waals surface area contributed by atoms with Gasteiger partial charge in [-0.3, -0.25) is 9.88 Å². The summed E-state index contributed by atoms with van der Waals surface area (Å²) in [6, 6.07) is 2.25. The second-order valence-electron chi connectivity index (χ2n) is 7.16. The van der Waals surface area contributed by atoms with E-state index in [0.717, 1.165) is 57.8 Å². The first-order chi connectivity index (χ1) is 11.0. The number of pyridine rings is 1. The highest BCUT2D eigenvalue weighted by atomic mass is 16.3. The third kappa shape index (κ3) is 4.03. The maximum atomic E-state index is 10.6. The van der Waals surface area contributed by atoms with Crippen molar-refractivity contribution >= 4 is 5.69 Å². The van der Waals surface area contributed by atoms with Crippen LogP contribution in [0.5, 0.6) is 0 Å². The molecule has 2 aliphatic rings. The van der Waals surface area contributed by atoms with E-state index >= 15 is 0 Å². The molecular formula is C18H30N4O. The van der Waals surface area contributed by atoms with Crippen LogP contribution in [0.4, 0.5) is 5.69 Å². The maximum Gasteiger partial charge on any atom is 0.0841 e. The monoisotopic (exact) mass is 318 g/mol. The molecule has 2 aliphatic heterocycles. The van der Waals surface area contributed by atoms with Crippen LogP contribution in [0.25, 0.3) is 0 Å². The summed E-state index contributed by atoms with van der Waals surface area (Å²) in [4.78, 5) is 11.8. The molecule has 0 aliphatic carbocycles. The molecule has 1 aromatic heterocycles. The Bertz CT molecular complexity index is 540. The van der Waals surface area contributed by atoms with Crippen LogP contribution in [-0.2, 0) is 6.42 Å². The molecule has 1 saturated heterocycles. The summed E-state index contributed by atoms with van der Waals surface area (Å²) in [5, 5.41) is 10.6. The third-order valence-corrected chi connectivity index (χ3v) is 5.20. The van der Waals surface area contributed by atoms with Crippen LogP contribution >= 0.6 is 0 Å². The first-order valence-electron chi connectivity index (χ1n) is 8.84. The molecule has 1 aromatic rings. The first kappa shape index (κ1) is 16.7. The number of nitrogens with zero attached hydrogens (tertiary/aromatic N) is 4. The Hall–Kier alpha value is -1.17. The van der Waals surface area contributed by atoms with Crippen LogP contribution in [0.3, 0.4) is 0 Å². The van der Waals surface area contributed by atoms with E-state index in [-0.39, 0.29) is 6.10 Å². The van der Waals surface area contributed by atoms with E-state index in [4.69, 9.17) is 4.98 Å². The topological polar surface area (TPSA) is 42.8 Å². The van der Waals surface area contributed by atoms with E-state index in [0.29, 0.717) is 6.54 Å². The predicted octanol–water partition coefficient (Wildman–Crippen LogP) is 1.06. The van der Waals surface area contributed by atoms with Gasteiger partial charge < -0.3 is 14.9 Å². The summed E-state index contributed by atoms with van der Waals surface area (Å²) < 4.78 is 0. The Morgan fingerprint density at radius 3 is 2.61 bits per heavy atom. The van der Waals surface area contributed by atoms with Gasteiger partial charge >= 0.3 is 0 Å². The maximum absolute atomic E-state index is 10.6. The van der Waals surface area contributed by atoms with Crippen LogP contribution in [0, 0.1) is 13.8 Å². The molecule has 0 spiro atoms. The SMILES string of the molecule is Cc1cc2c(nc1C)CCCN2C[C@@H](O)CN1CCN(C)CC1. The van der Waals surface area contributed by atoms with Crippen molar-refractivity contribution < 1.29 is 5.11 Å². The number of aromatic nitrogens is 1. The molecule has 0 bridgehead atoms. The molecule has 5 heteroatoms. The Kier molecular flexibility index (Phi) is 5.19. The van der Waals surface area contributed by atoms with E-state index < -0.39 is 0 Å². The summed E-state index contributed by atoms with van der Waals surface area (Å²) in [6.45, 7) is 11.0. The molecule has 0 saturated carbocycles. The number of aryl methyl sites for hydroxylation is 3. The number of aliphatic hydroxyl groups excluding tert-OH is 1. The summed E-state index contributed by atoms with van der Waals surface area (Å²) in [5.41, 5.74) is 4.80. The lowest BCUT2D eigenvalue weighted by Crippen LogP contribution is -2.49. The van der Waals surface area contributed by atoms with Crippen molar-refractivity contribution in [3.8, 4) is 0 Å². The van der Waals surface area contributed by atoms with E-state index in [9.17, 15) is 5.11 Å². The molecule has 3 rings (SSSR count). The molecule has 1 atom stereocenters. The molecule has 128 valence electrons. The van der Waals surface area contributed by atoms with E-state index in [2.05, 4.69) is 41.7 Å². The Labute approximate surface area is 139 Å². The van der Waals surface area contributed by atoms with Crippen LogP contribution in [0.1, 0.15) is 23.4 Å². The van der Waals surface area contributed by atoms with Gasteiger partial charge in [0.25, 0.3) is 0 Å². The molecule has 0 amide bonds. The minimum atomic E-state index is -0.300. The lowest BCUT2D eigenvalue weighted by Gasteiger charge is -2.36. The zero-order valence-corrected chi connectivity index (χ0v) is 14.8. The second kappa shape index (κ2) is 7.16. The number of rotatable bonds is 4. The molecule has 0 aromatic carbocycles. The summed E-state index contributed by atoms with van der Waals surface area (Å²) >= 11 is 0. The van der Waals surface area contributed by atoms with Crippen molar-refractivity contribution in [1.82, 2.24) is 14.8 Å². The highest BCUT2D eigenvalue weighted by Crippen LogP contribution is 2.27. The quantitative estimate of drug-likeness (QED) is 0.899. The number of aliphatic hydroxyl groups is 1. The fraction of sp³-hybridized carbons (Fsp3) is 0.722. The number of hydrogen-bond donors (Lipinski definition) is 1. The highest BCUT2D eigenvalue weighted by Gasteiger charge is 2.23. The van der Waals surface area contributed by atoms with Crippen molar-refractivity contribution in [2.45, 2.75) is 32.8 Å². The number of hydrogen-bond acceptors (Lipinski definition) is 5. The number of fused-ring (bicyclic) bond motifs is 1. The smallest absolute Gasteiger partial charge is 0.0841 e. The minimum absolute atomic E-state index is 0.300. The van der Waals surface area contributed by atoms with Gasteiger partial charge in [0, 0.05) is 51.5 Å². The van der Waals surface area contributed by atoms with Gasteiger partial charge in [-0.25, -0.2) is 0 Å². The summed E-state index contributed by atoms with van der Waals surface area (Å²) in [5.74, 6) is 0. The molecule has 0 radical (unpaired) electrons. The van der Waals surface area contributed by atoms with Gasteiger partial charge in [-0.05, 0) is 45.4 Å². The first-order valence-corrected chi connectivity index (χ1v) is 8.84. The lowest BCUT2D eigenvalue weighted by atomic mass is 10.0. The Morgan fingerprint density at radius 1 is 1.13 bits per heavy atom. The summed E-state index contributed by atoms with van der Waals surface area (Å²) in [7, 11) is 2.16. The van der Waals surface area contributed by atoms with Crippen LogP contribution < -0.4 is 4.90 Å². The molecule has 0 unspecified atom stereocenters. The molecule has 1 fully saturated rings. The summed E-state index contributed by atoms with van der Waals surface area (Å²) in [6.07, 6.45) is 1.89. The van der Waals surface area contributed by atoms with Gasteiger partial charge in [0.15, 0.2) is 0 Å². The molecule has 5 nitrogen and oxygen atoms in total. The number of β-amino-alcohol motifs (C(OH)–C–C–N with tert-alkyl or cyclic N) is 1. The minimum Gasteiger partial charge on any atom is -0.390 e. The normalized spacial score (nSPS) is 21.3. The van der Waals surface area contributed by atoms with Gasteiger partial charge in [0.05, 0.1) is 17.5 Å². The molecule has 23 heavy (non-hydrogen) atoms. The third-order valence-electron chi connectivity index (χ3n) is 5.20. The zero-order chi connectivity index (χ0) is 16.4. The van der Waals surface area contributed by atoms with E-state index in [1.54, 1.807) is 0 Å². The van der Waals surface area contributed by atoms with Gasteiger partial charge in [-0.2, -0.15) is 0 Å². The Balaban J connectivity index is 1.61. The van der Waals surface area contributed by atoms with Gasteiger partial charge in [-0.1, -0.05) is 0 Å². The Morgan fingerprint density at radius 2 is 1.87 bits per heavy atom. The highest BCUT2D eigenvalue weighted by molar-refractivity contribution is 5.55. The standard InChI is InChI=1S/C18H30N4O/c1-14-11-18-17(19-15(14)2)5-4-6-22(18)13-16(23)12-21-9-7-20(3)8-10-21/h11,16,23H,4-10,12-13H2,1-3H3/t16-/m0/s1. The molecule has 3 heterocycles. The average Bonchev–Trinajstić information content (AvgIpc) is 2.51. The van der Waals surface area contributed by atoms with Crippen LogP contribution in [0.15, 0.2) is 6.07 Å². The predicted molar refractivity (Wildman–Crippen MR) is 94.2 cm³/mol. The lowest BCUT2D eigenvalue weighted by molar-refractivity contribution is 0.0835. The zero-order valence-electron chi connectivity index (χ0n) is 14.8. The number of anilines is 1. The van der Waals surface area contributed by atoms with Crippen molar-refractivity contribution in [3.05, 3.63) is 23.0 Å². The van der Waals surface area contributed by atoms with E-state index in [1.807, 2.05) is 0 Å². The fourth-order valence-electron chi connectivity index (χ4n) is 3.59. The van der Waals surface area contributed by atoms with Crippen molar-refractivity contribution in [2.75, 3.05) is 57.8 Å². The van der Waals surface area contributed by atoms with Gasteiger partial charge in [0.1, 0.15) is 0 Å². The number of piperazine rings is 1. The van der Waals surface area contributed by atoms with E-state index in [1.165, 1.54) is 16.9 Å². The van der Waals surface area contributed by atoms with Crippen molar-refractivity contribution in [2.24, 2.45) is 0 Å². The number of likely N-dealkylation sites (N-methyl/N-ethyl adjacent to an activating group) is 1. The van der Waals surface area contributed by atoms with Crippen molar-refractivity contribution in [1.29, 1.82) is 0 Å². The second-order valence-corrected chi connectivity index (χ2v) is 7.16. The van der Waals surface area contributed by atoms with Crippen molar-refractivity contribution in [3.63, 3.8) is 0 Å². The largest absolute Gasteiger partial charge is 0.390 e. The van der Waals surface area contributed by atoms with Gasteiger partial charge in [-0.15, -0.1) is 0 Å². The van der Waals surface area contributed by atoms with Crippen LogP contribution in [-0.4, -0.2) is 78.9 Å². The molecule has 1 N–H and O–H groups in total.